The number of hydrogen-bond acceptors (Lipinski definition) is 3. The number of anilines is 1. The van der Waals surface area contributed by atoms with E-state index in [4.69, 9.17) is 4.84 Å². The van der Waals surface area contributed by atoms with E-state index in [1.54, 1.807) is 0 Å². The summed E-state index contributed by atoms with van der Waals surface area (Å²) in [6.45, 7) is 2.70. The zero-order valence-electron chi connectivity index (χ0n) is 11.1. The van der Waals surface area contributed by atoms with Crippen molar-refractivity contribution in [3.05, 3.63) is 29.8 Å². The molecule has 2 aliphatic rings. The highest BCUT2D eigenvalue weighted by Crippen LogP contribution is 2.28. The summed E-state index contributed by atoms with van der Waals surface area (Å²) in [4.78, 5) is 17.3. The molecule has 2 saturated heterocycles. The molecule has 0 spiro atoms. The highest BCUT2D eigenvalue weighted by atomic mass is 16.7. The minimum absolute atomic E-state index is 0.0641. The molecule has 1 atom stereocenters. The van der Waals surface area contributed by atoms with Gasteiger partial charge in [0.1, 0.15) is 0 Å². The largest absolute Gasteiger partial charge is 0.316 e. The van der Waals surface area contributed by atoms with Gasteiger partial charge in [-0.3, -0.25) is 9.63 Å². The van der Waals surface area contributed by atoms with E-state index < -0.39 is 0 Å². The first-order valence-electron chi connectivity index (χ1n) is 7.09. The second-order valence-electron chi connectivity index (χ2n) is 5.32. The monoisotopic (exact) mass is 260 g/mol. The summed E-state index contributed by atoms with van der Waals surface area (Å²) >= 11 is 0. The molecule has 1 aromatic carbocycles. The minimum Gasteiger partial charge on any atom is -0.316 e. The average molecular weight is 260 g/mol. The number of hydrogen-bond donors (Lipinski definition) is 1. The van der Waals surface area contributed by atoms with Crippen molar-refractivity contribution in [1.82, 2.24) is 5.32 Å². The number of carbonyl (C=O) groups is 1. The van der Waals surface area contributed by atoms with Crippen molar-refractivity contribution in [3.8, 4) is 0 Å². The number of para-hydroxylation sites is 1. The van der Waals surface area contributed by atoms with Crippen molar-refractivity contribution in [2.24, 2.45) is 5.92 Å². The Labute approximate surface area is 113 Å². The van der Waals surface area contributed by atoms with Crippen LogP contribution in [-0.2, 0) is 16.1 Å². The number of nitrogens with one attached hydrogen (secondary N) is 1. The van der Waals surface area contributed by atoms with Crippen LogP contribution in [0.25, 0.3) is 0 Å². The Morgan fingerprint density at radius 3 is 3.00 bits per heavy atom. The molecule has 3 rings (SSSR count). The van der Waals surface area contributed by atoms with Gasteiger partial charge in [-0.2, -0.15) is 5.06 Å². The zero-order chi connectivity index (χ0) is 13.1. The second kappa shape index (κ2) is 5.72. The quantitative estimate of drug-likeness (QED) is 0.902. The third-order valence-electron chi connectivity index (χ3n) is 3.88. The van der Waals surface area contributed by atoms with E-state index in [0.717, 1.165) is 25.2 Å². The predicted molar refractivity (Wildman–Crippen MR) is 73.8 cm³/mol. The molecule has 1 aromatic rings. The summed E-state index contributed by atoms with van der Waals surface area (Å²) < 4.78 is 0. The number of benzene rings is 1. The van der Waals surface area contributed by atoms with Crippen molar-refractivity contribution in [1.29, 1.82) is 0 Å². The lowest BCUT2D eigenvalue weighted by Crippen LogP contribution is -2.31. The molecule has 1 N–H and O–H groups in total. The van der Waals surface area contributed by atoms with Crippen molar-refractivity contribution >= 4 is 11.6 Å². The molecule has 0 aliphatic carbocycles. The van der Waals surface area contributed by atoms with Gasteiger partial charge in [0.05, 0.1) is 18.7 Å². The first kappa shape index (κ1) is 12.6. The molecule has 19 heavy (non-hydrogen) atoms. The summed E-state index contributed by atoms with van der Waals surface area (Å²) in [5.74, 6) is 0.724. The van der Waals surface area contributed by atoms with Crippen molar-refractivity contribution in [2.45, 2.75) is 25.7 Å². The topological polar surface area (TPSA) is 41.6 Å². The van der Waals surface area contributed by atoms with E-state index in [-0.39, 0.29) is 5.91 Å². The highest BCUT2D eigenvalue weighted by molar-refractivity contribution is 5.93. The van der Waals surface area contributed by atoms with Gasteiger partial charge in [-0.05, 0) is 49.9 Å². The Morgan fingerprint density at radius 1 is 1.37 bits per heavy atom. The van der Waals surface area contributed by atoms with Crippen LogP contribution in [-0.4, -0.2) is 25.6 Å². The lowest BCUT2D eigenvalue weighted by molar-refractivity contribution is -0.119. The van der Waals surface area contributed by atoms with E-state index in [9.17, 15) is 4.79 Å². The molecule has 4 nitrogen and oxygen atoms in total. The second-order valence-corrected chi connectivity index (χ2v) is 5.32. The first-order chi connectivity index (χ1) is 9.34. The van der Waals surface area contributed by atoms with Crippen LogP contribution in [0.3, 0.4) is 0 Å². The normalized spacial score (nSPS) is 23.9. The fourth-order valence-electron chi connectivity index (χ4n) is 2.89. The summed E-state index contributed by atoms with van der Waals surface area (Å²) in [5, 5.41) is 4.92. The summed E-state index contributed by atoms with van der Waals surface area (Å²) in [6, 6.07) is 8.09. The number of amides is 1. The Kier molecular flexibility index (Phi) is 3.80. The Bertz CT molecular complexity index is 455. The molecule has 1 amide bonds. The van der Waals surface area contributed by atoms with Gasteiger partial charge in [0, 0.05) is 0 Å². The molecule has 2 aliphatic heterocycles. The lowest BCUT2D eigenvalue weighted by atomic mass is 9.91. The number of piperidine rings is 1. The lowest BCUT2D eigenvalue weighted by Gasteiger charge is -2.25. The van der Waals surface area contributed by atoms with E-state index in [1.165, 1.54) is 23.5 Å². The van der Waals surface area contributed by atoms with Crippen LogP contribution in [0, 0.1) is 5.92 Å². The molecule has 0 radical (unpaired) electrons. The van der Waals surface area contributed by atoms with E-state index in [1.807, 2.05) is 18.2 Å². The van der Waals surface area contributed by atoms with Crippen molar-refractivity contribution in [3.63, 3.8) is 0 Å². The molecular weight excluding hydrogens is 240 g/mol. The van der Waals surface area contributed by atoms with Gasteiger partial charge >= 0.3 is 0 Å². The SMILES string of the molecule is O=C1CCON1c1ccccc1CC1CCCNC1. The molecule has 102 valence electrons. The van der Waals surface area contributed by atoms with Gasteiger partial charge in [0.15, 0.2) is 0 Å². The average Bonchev–Trinajstić information content (AvgIpc) is 2.87. The van der Waals surface area contributed by atoms with Crippen molar-refractivity contribution in [2.75, 3.05) is 24.8 Å². The van der Waals surface area contributed by atoms with Crippen LogP contribution in [0.5, 0.6) is 0 Å². The molecule has 2 heterocycles. The van der Waals surface area contributed by atoms with Gasteiger partial charge in [-0.15, -0.1) is 0 Å². The van der Waals surface area contributed by atoms with E-state index in [2.05, 4.69) is 11.4 Å². The van der Waals surface area contributed by atoms with E-state index in [0.29, 0.717) is 18.9 Å². The first-order valence-corrected chi connectivity index (χ1v) is 7.09. The molecule has 0 bridgehead atoms. The molecule has 1 unspecified atom stereocenters. The van der Waals surface area contributed by atoms with Gasteiger partial charge in [0.25, 0.3) is 5.91 Å². The van der Waals surface area contributed by atoms with Crippen LogP contribution in [0.1, 0.15) is 24.8 Å². The maximum absolute atomic E-state index is 11.8. The van der Waals surface area contributed by atoms with Gasteiger partial charge in [-0.1, -0.05) is 18.2 Å². The fraction of sp³-hybridized carbons (Fsp3) is 0.533. The molecular formula is C15H20N2O2. The maximum Gasteiger partial charge on any atom is 0.253 e. The summed E-state index contributed by atoms with van der Waals surface area (Å²) in [5.41, 5.74) is 2.14. The number of hydroxylamine groups is 1. The fourth-order valence-corrected chi connectivity index (χ4v) is 2.89. The van der Waals surface area contributed by atoms with Crippen LogP contribution < -0.4 is 10.4 Å². The van der Waals surface area contributed by atoms with Gasteiger partial charge < -0.3 is 5.32 Å². The smallest absolute Gasteiger partial charge is 0.253 e. The maximum atomic E-state index is 11.8. The van der Waals surface area contributed by atoms with Crippen molar-refractivity contribution < 1.29 is 9.63 Å². The standard InChI is InChI=1S/C15H20N2O2/c18-15-7-9-19-17(15)14-6-2-1-5-13(14)10-12-4-3-8-16-11-12/h1-2,5-6,12,16H,3-4,7-11H2. The molecule has 0 aromatic heterocycles. The zero-order valence-corrected chi connectivity index (χ0v) is 11.1. The number of nitrogens with zero attached hydrogens (tertiary/aromatic N) is 1. The molecule has 4 heteroatoms. The number of carbonyl (C=O) groups excluding carboxylic acids is 1. The third-order valence-corrected chi connectivity index (χ3v) is 3.88. The summed E-state index contributed by atoms with van der Waals surface area (Å²) in [7, 11) is 0. The Hall–Kier alpha value is -1.39. The van der Waals surface area contributed by atoms with Crippen LogP contribution in [0.4, 0.5) is 5.69 Å². The molecule has 2 fully saturated rings. The predicted octanol–water partition coefficient (Wildman–Crippen LogP) is 1.90. The minimum atomic E-state index is 0.0641. The van der Waals surface area contributed by atoms with Crippen LogP contribution in [0.15, 0.2) is 24.3 Å². The van der Waals surface area contributed by atoms with Gasteiger partial charge in [-0.25, -0.2) is 0 Å². The van der Waals surface area contributed by atoms with E-state index >= 15 is 0 Å². The Balaban J connectivity index is 1.78. The Morgan fingerprint density at radius 2 is 2.26 bits per heavy atom. The summed E-state index contributed by atoms with van der Waals surface area (Å²) in [6.07, 6.45) is 4.00. The third kappa shape index (κ3) is 2.80. The van der Waals surface area contributed by atoms with Gasteiger partial charge in [0.2, 0.25) is 0 Å². The highest BCUT2D eigenvalue weighted by Gasteiger charge is 2.26. The molecule has 0 saturated carbocycles. The van der Waals surface area contributed by atoms with Crippen LogP contribution in [0.2, 0.25) is 0 Å². The van der Waals surface area contributed by atoms with Crippen LogP contribution >= 0.6 is 0 Å². The number of rotatable bonds is 3.